The van der Waals surface area contributed by atoms with E-state index in [1.54, 1.807) is 11.3 Å². The van der Waals surface area contributed by atoms with Gasteiger partial charge in [-0.1, -0.05) is 13.8 Å². The van der Waals surface area contributed by atoms with Gasteiger partial charge < -0.3 is 10.6 Å². The standard InChI is InChI=1S/C13H20N2OS/c1-8(2)10(4)15-11(7-13(14)16-15)12-6-5-9(3)17-12/h5-8,10-11H,14H2,1-4H3. The quantitative estimate of drug-likeness (QED) is 0.898. The maximum Gasteiger partial charge on any atom is 0.207 e. The molecule has 0 saturated carbocycles. The van der Waals surface area contributed by atoms with Crippen molar-refractivity contribution in [2.45, 2.75) is 39.8 Å². The highest BCUT2D eigenvalue weighted by atomic mass is 32.1. The van der Waals surface area contributed by atoms with E-state index in [1.807, 2.05) is 11.1 Å². The third-order valence-electron chi connectivity index (χ3n) is 3.23. The SMILES string of the molecule is Cc1ccc(C2C=C(N)ON2C(C)C(C)C)s1. The highest BCUT2D eigenvalue weighted by Crippen LogP contribution is 2.36. The van der Waals surface area contributed by atoms with Crippen LogP contribution >= 0.6 is 11.3 Å². The zero-order valence-electron chi connectivity index (χ0n) is 10.8. The van der Waals surface area contributed by atoms with Crippen LogP contribution in [0.1, 0.15) is 36.6 Å². The Balaban J connectivity index is 2.24. The Bertz CT molecular complexity index is 425. The van der Waals surface area contributed by atoms with Crippen molar-refractivity contribution in [3.63, 3.8) is 0 Å². The molecular weight excluding hydrogens is 232 g/mol. The van der Waals surface area contributed by atoms with Gasteiger partial charge in [0, 0.05) is 21.9 Å². The minimum Gasteiger partial charge on any atom is -0.387 e. The second kappa shape index (κ2) is 4.70. The van der Waals surface area contributed by atoms with Crippen LogP contribution in [0.2, 0.25) is 0 Å². The third kappa shape index (κ3) is 2.48. The fraction of sp³-hybridized carbons (Fsp3) is 0.538. The van der Waals surface area contributed by atoms with Crippen molar-refractivity contribution in [2.24, 2.45) is 11.7 Å². The normalized spacial score (nSPS) is 22.6. The van der Waals surface area contributed by atoms with Gasteiger partial charge in [-0.2, -0.15) is 0 Å². The summed E-state index contributed by atoms with van der Waals surface area (Å²) in [7, 11) is 0. The summed E-state index contributed by atoms with van der Waals surface area (Å²) < 4.78 is 0. The van der Waals surface area contributed by atoms with E-state index < -0.39 is 0 Å². The summed E-state index contributed by atoms with van der Waals surface area (Å²) in [5.74, 6) is 1.03. The zero-order valence-corrected chi connectivity index (χ0v) is 11.6. The summed E-state index contributed by atoms with van der Waals surface area (Å²) in [6.07, 6.45) is 1.99. The largest absolute Gasteiger partial charge is 0.387 e. The zero-order chi connectivity index (χ0) is 12.6. The van der Waals surface area contributed by atoms with Crippen LogP contribution in [0, 0.1) is 12.8 Å². The van der Waals surface area contributed by atoms with Gasteiger partial charge in [0.1, 0.15) is 6.04 Å². The minimum absolute atomic E-state index is 0.158. The predicted octanol–water partition coefficient (Wildman–Crippen LogP) is 3.19. The topological polar surface area (TPSA) is 38.5 Å². The molecule has 17 heavy (non-hydrogen) atoms. The molecule has 0 amide bonds. The van der Waals surface area contributed by atoms with Crippen LogP contribution in [0.5, 0.6) is 0 Å². The van der Waals surface area contributed by atoms with E-state index in [1.165, 1.54) is 9.75 Å². The molecule has 2 atom stereocenters. The number of aryl methyl sites for hydroxylation is 1. The smallest absolute Gasteiger partial charge is 0.207 e. The summed E-state index contributed by atoms with van der Waals surface area (Å²) in [4.78, 5) is 8.24. The highest BCUT2D eigenvalue weighted by Gasteiger charge is 2.33. The van der Waals surface area contributed by atoms with Gasteiger partial charge in [-0.25, -0.2) is 0 Å². The molecule has 2 unspecified atom stereocenters. The highest BCUT2D eigenvalue weighted by molar-refractivity contribution is 7.12. The number of rotatable bonds is 3. The van der Waals surface area contributed by atoms with Crippen molar-refractivity contribution in [2.75, 3.05) is 0 Å². The minimum atomic E-state index is 0.158. The molecule has 1 aromatic rings. The molecule has 0 bridgehead atoms. The Kier molecular flexibility index (Phi) is 3.45. The fourth-order valence-electron chi connectivity index (χ4n) is 1.89. The number of hydrogen-bond donors (Lipinski definition) is 1. The van der Waals surface area contributed by atoms with Gasteiger partial charge in [0.15, 0.2) is 0 Å². The molecule has 2 rings (SSSR count). The third-order valence-corrected chi connectivity index (χ3v) is 4.30. The first-order valence-corrected chi connectivity index (χ1v) is 6.80. The molecule has 0 saturated heterocycles. The first-order chi connectivity index (χ1) is 7.99. The van der Waals surface area contributed by atoms with Crippen molar-refractivity contribution in [1.29, 1.82) is 0 Å². The molecule has 3 nitrogen and oxygen atoms in total. The Morgan fingerprint density at radius 3 is 2.59 bits per heavy atom. The molecule has 94 valence electrons. The monoisotopic (exact) mass is 252 g/mol. The number of nitrogens with zero attached hydrogens (tertiary/aromatic N) is 1. The summed E-state index contributed by atoms with van der Waals surface area (Å²) in [6, 6.07) is 4.79. The van der Waals surface area contributed by atoms with Crippen molar-refractivity contribution in [3.8, 4) is 0 Å². The van der Waals surface area contributed by atoms with Crippen LogP contribution < -0.4 is 5.73 Å². The molecule has 0 aliphatic carbocycles. The van der Waals surface area contributed by atoms with Gasteiger partial charge in [0.25, 0.3) is 0 Å². The second-order valence-electron chi connectivity index (χ2n) is 4.90. The van der Waals surface area contributed by atoms with Crippen LogP contribution in [0.4, 0.5) is 0 Å². The second-order valence-corrected chi connectivity index (χ2v) is 6.22. The lowest BCUT2D eigenvalue weighted by atomic mass is 10.0. The van der Waals surface area contributed by atoms with Crippen LogP contribution in [-0.2, 0) is 4.84 Å². The predicted molar refractivity (Wildman–Crippen MR) is 71.3 cm³/mol. The van der Waals surface area contributed by atoms with Crippen molar-refractivity contribution >= 4 is 11.3 Å². The average Bonchev–Trinajstić information content (AvgIpc) is 2.83. The Morgan fingerprint density at radius 1 is 1.35 bits per heavy atom. The van der Waals surface area contributed by atoms with E-state index in [0.717, 1.165) is 0 Å². The molecule has 0 spiro atoms. The van der Waals surface area contributed by atoms with Gasteiger partial charge in [-0.05, 0) is 31.9 Å². The Labute approximate surface area is 107 Å². The van der Waals surface area contributed by atoms with Gasteiger partial charge in [-0.15, -0.1) is 16.4 Å². The lowest BCUT2D eigenvalue weighted by Crippen LogP contribution is -2.36. The van der Waals surface area contributed by atoms with E-state index >= 15 is 0 Å². The molecular formula is C13H20N2OS. The fourth-order valence-corrected chi connectivity index (χ4v) is 2.82. The molecule has 1 aromatic heterocycles. The summed E-state index contributed by atoms with van der Waals surface area (Å²) in [5, 5.41) is 2.01. The van der Waals surface area contributed by atoms with Gasteiger partial charge >= 0.3 is 0 Å². The first-order valence-electron chi connectivity index (χ1n) is 5.99. The molecule has 0 radical (unpaired) electrons. The number of thiophene rings is 1. The van der Waals surface area contributed by atoms with Crippen molar-refractivity contribution in [1.82, 2.24) is 5.06 Å². The summed E-state index contributed by atoms with van der Waals surface area (Å²) >= 11 is 1.80. The van der Waals surface area contributed by atoms with E-state index in [-0.39, 0.29) is 6.04 Å². The van der Waals surface area contributed by atoms with Crippen LogP contribution in [-0.4, -0.2) is 11.1 Å². The lowest BCUT2D eigenvalue weighted by Gasteiger charge is -2.30. The van der Waals surface area contributed by atoms with Crippen LogP contribution in [0.3, 0.4) is 0 Å². The maximum atomic E-state index is 5.80. The molecule has 1 aliphatic heterocycles. The first kappa shape index (κ1) is 12.5. The lowest BCUT2D eigenvalue weighted by molar-refractivity contribution is -0.157. The molecule has 4 heteroatoms. The van der Waals surface area contributed by atoms with Crippen LogP contribution in [0.15, 0.2) is 24.1 Å². The van der Waals surface area contributed by atoms with E-state index in [4.69, 9.17) is 10.6 Å². The Hall–Kier alpha value is -1.00. The number of hydroxylamine groups is 2. The number of nitrogens with two attached hydrogens (primary N) is 1. The number of hydrogen-bond acceptors (Lipinski definition) is 4. The maximum absolute atomic E-state index is 5.80. The summed E-state index contributed by atoms with van der Waals surface area (Å²) in [6.45, 7) is 8.68. The molecule has 1 aliphatic rings. The van der Waals surface area contributed by atoms with Crippen molar-refractivity contribution in [3.05, 3.63) is 33.8 Å². The molecule has 2 heterocycles. The van der Waals surface area contributed by atoms with Crippen molar-refractivity contribution < 1.29 is 4.84 Å². The average molecular weight is 252 g/mol. The molecule has 2 N–H and O–H groups in total. The van der Waals surface area contributed by atoms with Crippen LogP contribution in [0.25, 0.3) is 0 Å². The van der Waals surface area contributed by atoms with E-state index in [0.29, 0.717) is 17.8 Å². The summed E-state index contributed by atoms with van der Waals surface area (Å²) in [5.41, 5.74) is 5.80. The van der Waals surface area contributed by atoms with Gasteiger partial charge in [-0.3, -0.25) is 0 Å². The van der Waals surface area contributed by atoms with E-state index in [2.05, 4.69) is 39.8 Å². The van der Waals surface area contributed by atoms with E-state index in [9.17, 15) is 0 Å². The van der Waals surface area contributed by atoms with Gasteiger partial charge in [0.05, 0.1) is 0 Å². The molecule has 0 fully saturated rings. The molecule has 0 aromatic carbocycles. The van der Waals surface area contributed by atoms with Gasteiger partial charge in [0.2, 0.25) is 5.88 Å². The Morgan fingerprint density at radius 2 is 2.06 bits per heavy atom.